The maximum atomic E-state index is 13.2. The number of nitrogens with one attached hydrogen (secondary N) is 1. The Morgan fingerprint density at radius 2 is 2.26 bits per heavy atom. The van der Waals surface area contributed by atoms with Crippen molar-refractivity contribution < 1.29 is 23.8 Å². The highest BCUT2D eigenvalue weighted by molar-refractivity contribution is 5.96. The molecule has 2 atom stereocenters. The van der Waals surface area contributed by atoms with Gasteiger partial charge in [0.1, 0.15) is 17.5 Å². The fraction of sp³-hybridized carbons (Fsp3) is 0.385. The van der Waals surface area contributed by atoms with Gasteiger partial charge < -0.3 is 15.2 Å². The highest BCUT2D eigenvalue weighted by Crippen LogP contribution is 2.32. The Morgan fingerprint density at radius 1 is 1.53 bits per heavy atom. The first-order valence-corrected chi connectivity index (χ1v) is 5.94. The Labute approximate surface area is 109 Å². The predicted octanol–water partition coefficient (Wildman–Crippen LogP) is 1.49. The smallest absolute Gasteiger partial charge is 0.315 e. The van der Waals surface area contributed by atoms with E-state index in [4.69, 9.17) is 9.84 Å². The minimum absolute atomic E-state index is 0.394. The average molecular weight is 267 g/mol. The molecule has 0 bridgehead atoms. The van der Waals surface area contributed by atoms with Crippen LogP contribution >= 0.6 is 0 Å². The summed E-state index contributed by atoms with van der Waals surface area (Å²) < 4.78 is 18.6. The van der Waals surface area contributed by atoms with Gasteiger partial charge in [0.2, 0.25) is 5.91 Å². The molecule has 19 heavy (non-hydrogen) atoms. The van der Waals surface area contributed by atoms with E-state index in [1.807, 2.05) is 0 Å². The zero-order chi connectivity index (χ0) is 14.0. The maximum Gasteiger partial charge on any atom is 0.315 e. The van der Waals surface area contributed by atoms with E-state index >= 15 is 0 Å². The number of benzene rings is 1. The predicted molar refractivity (Wildman–Crippen MR) is 64.2 cm³/mol. The standard InChI is InChI=1S/C13H14FNO4/c1-7(13(17)18)12(16)15-10-4-5-19-11-3-2-8(14)6-9(10)11/h2-3,6-7,10H,4-5H2,1H3,(H,15,16)(H,17,18). The fourth-order valence-electron chi connectivity index (χ4n) is 1.92. The quantitative estimate of drug-likeness (QED) is 0.813. The Hall–Kier alpha value is -2.11. The summed E-state index contributed by atoms with van der Waals surface area (Å²) in [4.78, 5) is 22.5. The van der Waals surface area contributed by atoms with Crippen LogP contribution in [0, 0.1) is 11.7 Å². The Kier molecular flexibility index (Phi) is 3.69. The van der Waals surface area contributed by atoms with Crippen LogP contribution in [0.1, 0.15) is 24.9 Å². The number of carbonyl (C=O) groups is 2. The van der Waals surface area contributed by atoms with Crippen LogP contribution in [-0.4, -0.2) is 23.6 Å². The van der Waals surface area contributed by atoms with E-state index in [0.29, 0.717) is 24.3 Å². The van der Waals surface area contributed by atoms with Crippen LogP contribution < -0.4 is 10.1 Å². The van der Waals surface area contributed by atoms with E-state index in [0.717, 1.165) is 0 Å². The summed E-state index contributed by atoms with van der Waals surface area (Å²) in [6.07, 6.45) is 0.481. The van der Waals surface area contributed by atoms with Crippen molar-refractivity contribution >= 4 is 11.9 Å². The van der Waals surface area contributed by atoms with Crippen molar-refractivity contribution in [1.29, 1.82) is 0 Å². The van der Waals surface area contributed by atoms with Crippen molar-refractivity contribution in [3.05, 3.63) is 29.6 Å². The molecule has 1 aromatic carbocycles. The van der Waals surface area contributed by atoms with E-state index in [1.165, 1.54) is 25.1 Å². The highest BCUT2D eigenvalue weighted by atomic mass is 19.1. The molecule has 2 rings (SSSR count). The van der Waals surface area contributed by atoms with Gasteiger partial charge in [0.05, 0.1) is 12.6 Å². The third-order valence-electron chi connectivity index (χ3n) is 3.09. The van der Waals surface area contributed by atoms with E-state index in [9.17, 15) is 14.0 Å². The van der Waals surface area contributed by atoms with Crippen LogP contribution in [0.15, 0.2) is 18.2 Å². The number of carboxylic acids is 1. The van der Waals surface area contributed by atoms with E-state index in [2.05, 4.69) is 5.32 Å². The number of aliphatic carboxylic acids is 1. The number of halogens is 1. The Morgan fingerprint density at radius 3 is 2.95 bits per heavy atom. The van der Waals surface area contributed by atoms with Crippen LogP contribution in [0.2, 0.25) is 0 Å². The first kappa shape index (κ1) is 13.3. The third-order valence-corrected chi connectivity index (χ3v) is 3.09. The van der Waals surface area contributed by atoms with Crippen LogP contribution in [0.3, 0.4) is 0 Å². The van der Waals surface area contributed by atoms with Crippen LogP contribution in [0.4, 0.5) is 4.39 Å². The first-order chi connectivity index (χ1) is 8.99. The van der Waals surface area contributed by atoms with Crippen molar-refractivity contribution in [2.24, 2.45) is 5.92 Å². The number of carboxylic acid groups (broad SMARTS) is 1. The zero-order valence-corrected chi connectivity index (χ0v) is 10.4. The molecular weight excluding hydrogens is 253 g/mol. The number of carbonyl (C=O) groups excluding carboxylic acids is 1. The van der Waals surface area contributed by atoms with Gasteiger partial charge in [0.15, 0.2) is 0 Å². The van der Waals surface area contributed by atoms with Crippen LogP contribution in [-0.2, 0) is 9.59 Å². The largest absolute Gasteiger partial charge is 0.493 e. The Balaban J connectivity index is 2.17. The minimum atomic E-state index is -1.19. The molecule has 5 nitrogen and oxygen atoms in total. The molecule has 6 heteroatoms. The molecule has 0 radical (unpaired) electrons. The van der Waals surface area contributed by atoms with Gasteiger partial charge in [-0.25, -0.2) is 4.39 Å². The molecule has 1 aliphatic rings. The van der Waals surface area contributed by atoms with Crippen molar-refractivity contribution in [3.63, 3.8) is 0 Å². The molecule has 0 saturated heterocycles. The van der Waals surface area contributed by atoms with Gasteiger partial charge in [-0.05, 0) is 25.1 Å². The van der Waals surface area contributed by atoms with E-state index < -0.39 is 29.7 Å². The zero-order valence-electron chi connectivity index (χ0n) is 10.4. The molecule has 1 heterocycles. The normalized spacial score (nSPS) is 18.9. The molecule has 1 aromatic rings. The Bertz CT molecular complexity index is 517. The molecule has 2 unspecified atom stereocenters. The van der Waals surface area contributed by atoms with Crippen molar-refractivity contribution in [2.45, 2.75) is 19.4 Å². The molecule has 0 aliphatic carbocycles. The second kappa shape index (κ2) is 5.26. The lowest BCUT2D eigenvalue weighted by Crippen LogP contribution is -2.38. The number of hydrogen-bond acceptors (Lipinski definition) is 3. The van der Waals surface area contributed by atoms with Crippen LogP contribution in [0.25, 0.3) is 0 Å². The van der Waals surface area contributed by atoms with Gasteiger partial charge in [-0.2, -0.15) is 0 Å². The summed E-state index contributed by atoms with van der Waals surface area (Å²) >= 11 is 0. The lowest BCUT2D eigenvalue weighted by molar-refractivity contribution is -0.146. The number of amides is 1. The fourth-order valence-corrected chi connectivity index (χ4v) is 1.92. The lowest BCUT2D eigenvalue weighted by atomic mass is 9.99. The summed E-state index contributed by atoms with van der Waals surface area (Å²) in [5, 5.41) is 11.4. The van der Waals surface area contributed by atoms with Gasteiger partial charge in [-0.3, -0.25) is 9.59 Å². The highest BCUT2D eigenvalue weighted by Gasteiger charge is 2.27. The molecule has 1 aliphatic heterocycles. The van der Waals surface area contributed by atoms with Crippen molar-refractivity contribution in [1.82, 2.24) is 5.32 Å². The monoisotopic (exact) mass is 267 g/mol. The second-order valence-electron chi connectivity index (χ2n) is 4.44. The number of ether oxygens (including phenoxy) is 1. The molecule has 0 spiro atoms. The summed E-state index contributed by atoms with van der Waals surface area (Å²) in [6, 6.07) is 3.66. The van der Waals surface area contributed by atoms with E-state index in [-0.39, 0.29) is 0 Å². The van der Waals surface area contributed by atoms with Crippen molar-refractivity contribution in [3.8, 4) is 5.75 Å². The molecule has 0 saturated carbocycles. The van der Waals surface area contributed by atoms with Gasteiger partial charge >= 0.3 is 5.97 Å². The topological polar surface area (TPSA) is 75.6 Å². The lowest BCUT2D eigenvalue weighted by Gasteiger charge is -2.27. The second-order valence-corrected chi connectivity index (χ2v) is 4.44. The summed E-state index contributed by atoms with van der Waals surface area (Å²) in [5.41, 5.74) is 0.539. The van der Waals surface area contributed by atoms with Gasteiger partial charge in [0.25, 0.3) is 0 Å². The van der Waals surface area contributed by atoms with Crippen LogP contribution in [0.5, 0.6) is 5.75 Å². The molecule has 102 valence electrons. The van der Waals surface area contributed by atoms with Gasteiger partial charge in [-0.1, -0.05) is 0 Å². The molecule has 1 amide bonds. The van der Waals surface area contributed by atoms with Crippen molar-refractivity contribution in [2.75, 3.05) is 6.61 Å². The number of fused-ring (bicyclic) bond motifs is 1. The number of rotatable bonds is 3. The van der Waals surface area contributed by atoms with Gasteiger partial charge in [-0.15, -0.1) is 0 Å². The average Bonchev–Trinajstić information content (AvgIpc) is 2.38. The first-order valence-electron chi connectivity index (χ1n) is 5.94. The third kappa shape index (κ3) is 2.83. The maximum absolute atomic E-state index is 13.2. The summed E-state index contributed by atoms with van der Waals surface area (Å²) in [5.74, 6) is -2.82. The molecule has 0 aromatic heterocycles. The van der Waals surface area contributed by atoms with E-state index in [1.54, 1.807) is 0 Å². The van der Waals surface area contributed by atoms with Gasteiger partial charge in [0, 0.05) is 12.0 Å². The molecule has 0 fully saturated rings. The molecular formula is C13H14FNO4. The number of hydrogen-bond donors (Lipinski definition) is 2. The minimum Gasteiger partial charge on any atom is -0.493 e. The molecule has 2 N–H and O–H groups in total. The summed E-state index contributed by atoms with van der Waals surface area (Å²) in [7, 11) is 0. The SMILES string of the molecule is CC(C(=O)O)C(=O)NC1CCOc2ccc(F)cc21. The summed E-state index contributed by atoms with van der Waals surface area (Å²) in [6.45, 7) is 1.70.